The van der Waals surface area contributed by atoms with Crippen LogP contribution in [-0.4, -0.2) is 42.5 Å². The maximum atomic E-state index is 12.8. The van der Waals surface area contributed by atoms with Crippen LogP contribution in [0.25, 0.3) is 0 Å². The van der Waals surface area contributed by atoms with Gasteiger partial charge in [-0.2, -0.15) is 0 Å². The average molecular weight is 420 g/mol. The van der Waals surface area contributed by atoms with Crippen molar-refractivity contribution in [3.63, 3.8) is 0 Å². The Morgan fingerprint density at radius 1 is 1.24 bits per heavy atom. The van der Waals surface area contributed by atoms with Gasteiger partial charge in [0.2, 0.25) is 5.91 Å². The van der Waals surface area contributed by atoms with Gasteiger partial charge in [-0.25, -0.2) is 4.79 Å². The molecule has 2 N–H and O–H groups in total. The first-order valence-corrected chi connectivity index (χ1v) is 9.26. The molecular weight excluding hydrogens is 402 g/mol. The summed E-state index contributed by atoms with van der Waals surface area (Å²) in [6, 6.07) is 5.70. The molecule has 9 nitrogen and oxygen atoms in total. The van der Waals surface area contributed by atoms with E-state index in [4.69, 9.17) is 25.5 Å². The van der Waals surface area contributed by atoms with Crippen LogP contribution < -0.4 is 20.1 Å². The highest BCUT2D eigenvalue weighted by atomic mass is 35.5. The van der Waals surface area contributed by atoms with Crippen LogP contribution in [0.5, 0.6) is 11.5 Å². The Kier molecular flexibility index (Phi) is 4.62. The maximum absolute atomic E-state index is 12.8. The van der Waals surface area contributed by atoms with E-state index in [2.05, 4.69) is 10.6 Å². The first-order valence-electron chi connectivity index (χ1n) is 8.88. The second-order valence-electron chi connectivity index (χ2n) is 6.88. The maximum Gasteiger partial charge on any atom is 0.325 e. The van der Waals surface area contributed by atoms with Crippen LogP contribution in [-0.2, 0) is 15.1 Å². The van der Waals surface area contributed by atoms with Crippen LogP contribution in [0.15, 0.2) is 28.7 Å². The van der Waals surface area contributed by atoms with Gasteiger partial charge in [-0.15, -0.1) is 0 Å². The molecule has 152 valence electrons. The molecule has 0 bridgehead atoms. The van der Waals surface area contributed by atoms with Gasteiger partial charge in [-0.1, -0.05) is 11.6 Å². The zero-order valence-corrected chi connectivity index (χ0v) is 16.5. The van der Waals surface area contributed by atoms with E-state index in [0.717, 1.165) is 4.90 Å². The third-order valence-corrected chi connectivity index (χ3v) is 5.03. The predicted molar refractivity (Wildman–Crippen MR) is 102 cm³/mol. The standard InChI is InChI=1S/C19H18ClN3O6/c1-10-3-4-15(29-10)19(2)17(25)23(18(26)22-19)9-16(24)21-12-8-14-13(7-11(12)20)27-5-6-28-14/h3-4,7-8H,5-6,9H2,1-2H3,(H,21,24)(H,22,26). The lowest BCUT2D eigenvalue weighted by Gasteiger charge is -2.20. The molecular formula is C19H18ClN3O6. The Bertz CT molecular complexity index is 1020. The van der Waals surface area contributed by atoms with Crippen molar-refractivity contribution in [2.24, 2.45) is 0 Å². The minimum Gasteiger partial charge on any atom is -0.486 e. The zero-order valence-electron chi connectivity index (χ0n) is 15.7. The van der Waals surface area contributed by atoms with Crippen molar-refractivity contribution in [2.45, 2.75) is 19.4 Å². The number of fused-ring (bicyclic) bond motifs is 1. The Morgan fingerprint density at radius 2 is 1.93 bits per heavy atom. The van der Waals surface area contributed by atoms with E-state index in [1.54, 1.807) is 19.1 Å². The number of furan rings is 1. The molecule has 4 rings (SSSR count). The molecule has 0 radical (unpaired) electrons. The van der Waals surface area contributed by atoms with Gasteiger partial charge in [0.1, 0.15) is 31.3 Å². The van der Waals surface area contributed by atoms with E-state index < -0.39 is 29.9 Å². The number of carbonyl (C=O) groups excluding carboxylic acids is 3. The van der Waals surface area contributed by atoms with Crippen molar-refractivity contribution in [3.8, 4) is 11.5 Å². The van der Waals surface area contributed by atoms with Gasteiger partial charge in [-0.05, 0) is 26.0 Å². The number of aryl methyl sites for hydroxylation is 1. The quantitative estimate of drug-likeness (QED) is 0.736. The molecule has 2 aliphatic heterocycles. The molecule has 1 fully saturated rings. The van der Waals surface area contributed by atoms with Crippen molar-refractivity contribution in [1.29, 1.82) is 0 Å². The third kappa shape index (κ3) is 3.38. The number of hydrogen-bond donors (Lipinski definition) is 2. The molecule has 2 aliphatic rings. The Balaban J connectivity index is 1.49. The van der Waals surface area contributed by atoms with Crippen LogP contribution in [0, 0.1) is 6.92 Å². The highest BCUT2D eigenvalue weighted by molar-refractivity contribution is 6.34. The fourth-order valence-electron chi connectivity index (χ4n) is 3.20. The van der Waals surface area contributed by atoms with Gasteiger partial charge in [0.15, 0.2) is 17.0 Å². The van der Waals surface area contributed by atoms with Gasteiger partial charge in [0, 0.05) is 12.1 Å². The minimum absolute atomic E-state index is 0.246. The van der Waals surface area contributed by atoms with Gasteiger partial charge >= 0.3 is 6.03 Å². The molecule has 2 aromatic rings. The summed E-state index contributed by atoms with van der Waals surface area (Å²) in [4.78, 5) is 38.5. The summed E-state index contributed by atoms with van der Waals surface area (Å²) < 4.78 is 16.4. The number of ether oxygens (including phenoxy) is 2. The Hall–Kier alpha value is -3.20. The number of nitrogens with one attached hydrogen (secondary N) is 2. The molecule has 10 heteroatoms. The SMILES string of the molecule is Cc1ccc(C2(C)NC(=O)N(CC(=O)Nc3cc4c(cc3Cl)OCCO4)C2=O)o1. The molecule has 1 unspecified atom stereocenters. The molecule has 29 heavy (non-hydrogen) atoms. The van der Waals surface area contributed by atoms with Crippen LogP contribution >= 0.6 is 11.6 Å². The van der Waals surface area contributed by atoms with E-state index in [9.17, 15) is 14.4 Å². The number of amides is 4. The summed E-state index contributed by atoms with van der Waals surface area (Å²) in [6.45, 7) is 3.58. The average Bonchev–Trinajstić information content (AvgIpc) is 3.20. The van der Waals surface area contributed by atoms with Gasteiger partial charge < -0.3 is 24.5 Å². The number of hydrogen-bond acceptors (Lipinski definition) is 6. The topological polar surface area (TPSA) is 110 Å². The molecule has 1 atom stereocenters. The van der Waals surface area contributed by atoms with Crippen molar-refractivity contribution < 1.29 is 28.3 Å². The Morgan fingerprint density at radius 3 is 2.59 bits per heavy atom. The number of rotatable bonds is 4. The van der Waals surface area contributed by atoms with Crippen LogP contribution in [0.1, 0.15) is 18.4 Å². The fourth-order valence-corrected chi connectivity index (χ4v) is 3.40. The smallest absolute Gasteiger partial charge is 0.325 e. The van der Waals surface area contributed by atoms with Crippen molar-refractivity contribution in [3.05, 3.63) is 40.8 Å². The molecule has 1 aromatic carbocycles. The number of urea groups is 1. The minimum atomic E-state index is -1.37. The molecule has 0 aliphatic carbocycles. The summed E-state index contributed by atoms with van der Waals surface area (Å²) in [5.41, 5.74) is -1.09. The van der Waals surface area contributed by atoms with Crippen LogP contribution in [0.3, 0.4) is 0 Å². The van der Waals surface area contributed by atoms with Crippen LogP contribution in [0.4, 0.5) is 10.5 Å². The lowest BCUT2D eigenvalue weighted by Crippen LogP contribution is -2.41. The number of benzene rings is 1. The number of imide groups is 1. The van der Waals surface area contributed by atoms with E-state index in [-0.39, 0.29) is 10.7 Å². The monoisotopic (exact) mass is 419 g/mol. The number of nitrogens with zero attached hydrogens (tertiary/aromatic N) is 1. The van der Waals surface area contributed by atoms with Crippen molar-refractivity contribution in [2.75, 3.05) is 25.1 Å². The molecule has 0 spiro atoms. The molecule has 1 saturated heterocycles. The summed E-state index contributed by atoms with van der Waals surface area (Å²) in [6.07, 6.45) is 0. The molecule has 3 heterocycles. The van der Waals surface area contributed by atoms with Crippen molar-refractivity contribution in [1.82, 2.24) is 10.2 Å². The normalized spacial score (nSPS) is 20.6. The molecule has 1 aromatic heterocycles. The number of halogens is 1. The number of anilines is 1. The largest absolute Gasteiger partial charge is 0.486 e. The van der Waals surface area contributed by atoms with Gasteiger partial charge in [0.05, 0.1) is 10.7 Å². The second-order valence-corrected chi connectivity index (χ2v) is 7.29. The van der Waals surface area contributed by atoms with Gasteiger partial charge in [-0.3, -0.25) is 14.5 Å². The summed E-state index contributed by atoms with van der Waals surface area (Å²) >= 11 is 6.18. The summed E-state index contributed by atoms with van der Waals surface area (Å²) in [5, 5.41) is 5.42. The predicted octanol–water partition coefficient (Wildman–Crippen LogP) is 2.42. The fraction of sp³-hybridized carbons (Fsp3) is 0.316. The van der Waals surface area contributed by atoms with Gasteiger partial charge in [0.25, 0.3) is 5.91 Å². The highest BCUT2D eigenvalue weighted by Gasteiger charge is 2.51. The lowest BCUT2D eigenvalue weighted by molar-refractivity contribution is -0.134. The van der Waals surface area contributed by atoms with E-state index in [1.165, 1.54) is 19.1 Å². The molecule has 4 amide bonds. The van der Waals surface area contributed by atoms with Crippen LogP contribution in [0.2, 0.25) is 5.02 Å². The summed E-state index contributed by atoms with van der Waals surface area (Å²) in [5.74, 6) is 0.663. The van der Waals surface area contributed by atoms with E-state index in [1.807, 2.05) is 0 Å². The van der Waals surface area contributed by atoms with E-state index in [0.29, 0.717) is 36.2 Å². The first kappa shape index (κ1) is 19.1. The third-order valence-electron chi connectivity index (χ3n) is 4.72. The first-order chi connectivity index (χ1) is 13.8. The number of carbonyl (C=O) groups is 3. The summed E-state index contributed by atoms with van der Waals surface area (Å²) in [7, 11) is 0. The van der Waals surface area contributed by atoms with Crippen molar-refractivity contribution >= 4 is 35.1 Å². The van der Waals surface area contributed by atoms with E-state index >= 15 is 0 Å². The highest BCUT2D eigenvalue weighted by Crippen LogP contribution is 2.38. The molecule has 0 saturated carbocycles. The second kappa shape index (κ2) is 7.00. The Labute approximate surface area is 170 Å². The zero-order chi connectivity index (χ0) is 20.8. The lowest BCUT2D eigenvalue weighted by atomic mass is 9.99.